The van der Waals surface area contributed by atoms with Gasteiger partial charge in [0.25, 0.3) is 0 Å². The number of aryl methyl sites for hydroxylation is 1. The number of phenols is 2. The fourth-order valence-electron chi connectivity index (χ4n) is 1.39. The second-order valence-corrected chi connectivity index (χ2v) is 3.07. The molecule has 0 fully saturated rings. The molecule has 0 spiro atoms. The van der Waals surface area contributed by atoms with Gasteiger partial charge in [-0.1, -0.05) is 0 Å². The van der Waals surface area contributed by atoms with Gasteiger partial charge in [0.15, 0.2) is 23.9 Å². The molecular formula is C10H10NO2+. The maximum atomic E-state index is 9.28. The zero-order valence-corrected chi connectivity index (χ0v) is 7.20. The molecular weight excluding hydrogens is 166 g/mol. The van der Waals surface area contributed by atoms with Crippen molar-refractivity contribution in [2.45, 2.75) is 6.92 Å². The normalized spacial score (nSPS) is 10.5. The third-order valence-corrected chi connectivity index (χ3v) is 2.11. The third kappa shape index (κ3) is 1.18. The minimum atomic E-state index is -0.0912. The summed E-state index contributed by atoms with van der Waals surface area (Å²) in [6.07, 6.45) is 3.63. The summed E-state index contributed by atoms with van der Waals surface area (Å²) in [4.78, 5) is 2.96. The molecule has 1 heterocycles. The van der Waals surface area contributed by atoms with Crippen molar-refractivity contribution in [3.8, 4) is 11.5 Å². The summed E-state index contributed by atoms with van der Waals surface area (Å²) in [5.74, 6) is -0.173. The van der Waals surface area contributed by atoms with Crippen LogP contribution in [-0.2, 0) is 0 Å². The molecule has 3 nitrogen and oxygen atoms in total. The van der Waals surface area contributed by atoms with Gasteiger partial charge in [0.05, 0.1) is 0 Å². The smallest absolute Gasteiger partial charge is 0.175 e. The summed E-state index contributed by atoms with van der Waals surface area (Å²) in [5, 5.41) is 20.3. The Balaban J connectivity index is 2.89. The van der Waals surface area contributed by atoms with Crippen LogP contribution in [0.4, 0.5) is 0 Å². The molecule has 0 saturated heterocycles. The Kier molecular flexibility index (Phi) is 1.59. The van der Waals surface area contributed by atoms with Gasteiger partial charge in [-0.2, -0.15) is 0 Å². The molecule has 0 amide bonds. The van der Waals surface area contributed by atoms with Crippen LogP contribution in [0.2, 0.25) is 0 Å². The number of aromatic nitrogens is 1. The van der Waals surface area contributed by atoms with E-state index in [0.29, 0.717) is 0 Å². The highest BCUT2D eigenvalue weighted by Crippen LogP contribution is 2.30. The number of aromatic hydroxyl groups is 2. The van der Waals surface area contributed by atoms with E-state index in [4.69, 9.17) is 0 Å². The van der Waals surface area contributed by atoms with Gasteiger partial charge < -0.3 is 10.2 Å². The van der Waals surface area contributed by atoms with Gasteiger partial charge in [-0.3, -0.25) is 0 Å². The van der Waals surface area contributed by atoms with E-state index in [1.54, 1.807) is 12.3 Å². The van der Waals surface area contributed by atoms with Crippen molar-refractivity contribution in [2.24, 2.45) is 0 Å². The first kappa shape index (κ1) is 7.86. The zero-order valence-electron chi connectivity index (χ0n) is 7.20. The van der Waals surface area contributed by atoms with Gasteiger partial charge >= 0.3 is 0 Å². The van der Waals surface area contributed by atoms with Crippen LogP contribution in [0.3, 0.4) is 0 Å². The summed E-state index contributed by atoms with van der Waals surface area (Å²) in [7, 11) is 0. The minimum Gasteiger partial charge on any atom is -0.504 e. The molecule has 66 valence electrons. The van der Waals surface area contributed by atoms with Gasteiger partial charge in [-0.25, -0.2) is 4.98 Å². The van der Waals surface area contributed by atoms with E-state index in [1.807, 2.05) is 13.1 Å². The lowest BCUT2D eigenvalue weighted by Crippen LogP contribution is -2.00. The Morgan fingerprint density at radius 2 is 1.77 bits per heavy atom. The van der Waals surface area contributed by atoms with Crippen LogP contribution in [0.25, 0.3) is 10.8 Å². The number of benzene rings is 1. The SMILES string of the molecule is Cc1c[nH+]cc2cc(O)c(O)cc12. The lowest BCUT2D eigenvalue weighted by Gasteiger charge is -2.00. The number of rotatable bonds is 0. The van der Waals surface area contributed by atoms with Crippen LogP contribution in [-0.4, -0.2) is 10.2 Å². The van der Waals surface area contributed by atoms with E-state index in [0.717, 1.165) is 16.3 Å². The molecule has 3 N–H and O–H groups in total. The van der Waals surface area contributed by atoms with Gasteiger partial charge in [-0.15, -0.1) is 0 Å². The molecule has 0 bridgehead atoms. The number of fused-ring (bicyclic) bond motifs is 1. The first-order chi connectivity index (χ1) is 6.18. The van der Waals surface area contributed by atoms with Crippen molar-refractivity contribution in [3.63, 3.8) is 0 Å². The number of aromatic amines is 1. The molecule has 1 aromatic heterocycles. The van der Waals surface area contributed by atoms with Crippen LogP contribution < -0.4 is 4.98 Å². The summed E-state index contributed by atoms with van der Waals surface area (Å²) < 4.78 is 0. The molecule has 0 aliphatic rings. The van der Waals surface area contributed by atoms with Gasteiger partial charge in [0.1, 0.15) is 0 Å². The van der Waals surface area contributed by atoms with Gasteiger partial charge in [0.2, 0.25) is 0 Å². The first-order valence-corrected chi connectivity index (χ1v) is 4.01. The molecule has 0 radical (unpaired) electrons. The molecule has 1 aromatic carbocycles. The Bertz CT molecular complexity index is 466. The van der Waals surface area contributed by atoms with E-state index < -0.39 is 0 Å². The molecule has 2 aromatic rings. The van der Waals surface area contributed by atoms with Crippen LogP contribution in [0.15, 0.2) is 24.5 Å². The molecule has 2 rings (SSSR count). The number of hydrogen-bond acceptors (Lipinski definition) is 2. The van der Waals surface area contributed by atoms with Crippen molar-refractivity contribution >= 4 is 10.8 Å². The Morgan fingerprint density at radius 1 is 1.08 bits per heavy atom. The number of phenolic OH excluding ortho intramolecular Hbond substituents is 2. The van der Waals surface area contributed by atoms with E-state index in [2.05, 4.69) is 4.98 Å². The molecule has 0 unspecified atom stereocenters. The number of pyridine rings is 1. The number of nitrogens with one attached hydrogen (secondary N) is 1. The van der Waals surface area contributed by atoms with Crippen molar-refractivity contribution < 1.29 is 15.2 Å². The van der Waals surface area contributed by atoms with Crippen molar-refractivity contribution in [1.82, 2.24) is 0 Å². The summed E-state index contributed by atoms with van der Waals surface area (Å²) in [6.45, 7) is 1.94. The van der Waals surface area contributed by atoms with Crippen LogP contribution in [0.5, 0.6) is 11.5 Å². The van der Waals surface area contributed by atoms with Crippen LogP contribution >= 0.6 is 0 Å². The van der Waals surface area contributed by atoms with Crippen molar-refractivity contribution in [1.29, 1.82) is 0 Å². The quantitative estimate of drug-likeness (QED) is 0.596. The maximum absolute atomic E-state index is 9.28. The highest BCUT2D eigenvalue weighted by molar-refractivity contribution is 5.86. The molecule has 0 saturated carbocycles. The fraction of sp³-hybridized carbons (Fsp3) is 0.100. The molecule has 13 heavy (non-hydrogen) atoms. The lowest BCUT2D eigenvalue weighted by atomic mass is 10.1. The predicted molar refractivity (Wildman–Crippen MR) is 48.6 cm³/mol. The average molecular weight is 176 g/mol. The average Bonchev–Trinajstić information content (AvgIpc) is 2.09. The van der Waals surface area contributed by atoms with Gasteiger partial charge in [-0.05, 0) is 19.1 Å². The first-order valence-electron chi connectivity index (χ1n) is 4.01. The van der Waals surface area contributed by atoms with E-state index in [-0.39, 0.29) is 11.5 Å². The topological polar surface area (TPSA) is 54.6 Å². The number of hydrogen-bond donors (Lipinski definition) is 2. The second kappa shape index (κ2) is 2.62. The Hall–Kier alpha value is -1.77. The largest absolute Gasteiger partial charge is 0.504 e. The molecule has 0 aliphatic heterocycles. The predicted octanol–water partition coefficient (Wildman–Crippen LogP) is 1.37. The standard InChI is InChI=1S/C10H9NO2/c1-6-4-11-5-7-2-9(12)10(13)3-8(6)7/h2-5,12-13H,1H3/p+1. The monoisotopic (exact) mass is 176 g/mol. The molecule has 0 atom stereocenters. The van der Waals surface area contributed by atoms with Crippen LogP contribution in [0, 0.1) is 6.92 Å². The summed E-state index contributed by atoms with van der Waals surface area (Å²) >= 11 is 0. The minimum absolute atomic E-state index is 0.0817. The van der Waals surface area contributed by atoms with E-state index >= 15 is 0 Å². The lowest BCUT2D eigenvalue weighted by molar-refractivity contribution is -0.376. The fourth-order valence-corrected chi connectivity index (χ4v) is 1.39. The summed E-state index contributed by atoms with van der Waals surface area (Å²) in [6, 6.07) is 3.10. The number of H-pyrrole nitrogens is 1. The zero-order chi connectivity index (χ0) is 9.42. The van der Waals surface area contributed by atoms with Gasteiger partial charge in [0, 0.05) is 16.3 Å². The highest BCUT2D eigenvalue weighted by atomic mass is 16.3. The Morgan fingerprint density at radius 3 is 2.54 bits per heavy atom. The van der Waals surface area contributed by atoms with Crippen molar-refractivity contribution in [3.05, 3.63) is 30.1 Å². The third-order valence-electron chi connectivity index (χ3n) is 2.11. The Labute approximate surface area is 75.3 Å². The molecule has 3 heteroatoms. The maximum Gasteiger partial charge on any atom is 0.175 e. The highest BCUT2D eigenvalue weighted by Gasteiger charge is 2.06. The van der Waals surface area contributed by atoms with Crippen molar-refractivity contribution in [2.75, 3.05) is 0 Å². The summed E-state index contributed by atoms with van der Waals surface area (Å²) in [5.41, 5.74) is 1.04. The van der Waals surface area contributed by atoms with E-state index in [1.165, 1.54) is 6.07 Å². The second-order valence-electron chi connectivity index (χ2n) is 3.07. The molecule has 0 aliphatic carbocycles. The van der Waals surface area contributed by atoms with Crippen LogP contribution in [0.1, 0.15) is 5.56 Å². The van der Waals surface area contributed by atoms with E-state index in [9.17, 15) is 10.2 Å².